The molecule has 138 valence electrons. The van der Waals surface area contributed by atoms with Crippen LogP contribution in [0.5, 0.6) is 5.75 Å². The first kappa shape index (κ1) is 18.4. The Morgan fingerprint density at radius 3 is 2.31 bits per heavy atom. The van der Waals surface area contributed by atoms with E-state index in [4.69, 9.17) is 0 Å². The first-order valence-corrected chi connectivity index (χ1v) is 7.87. The molecule has 1 unspecified atom stereocenters. The molecule has 1 aliphatic carbocycles. The third kappa shape index (κ3) is 3.57. The second-order valence-corrected chi connectivity index (χ2v) is 6.11. The van der Waals surface area contributed by atoms with Crippen LogP contribution in [0.1, 0.15) is 34.6 Å². The van der Waals surface area contributed by atoms with Gasteiger partial charge in [-0.2, -0.15) is 0 Å². The van der Waals surface area contributed by atoms with E-state index in [9.17, 15) is 26.3 Å². The average Bonchev–Trinajstić information content (AvgIpc) is 2.55. The smallest absolute Gasteiger partial charge is 0.403 e. The Balaban J connectivity index is 1.92. The first-order valence-electron chi connectivity index (χ1n) is 7.87. The van der Waals surface area contributed by atoms with Crippen molar-refractivity contribution in [3.63, 3.8) is 0 Å². The van der Waals surface area contributed by atoms with Crippen molar-refractivity contribution >= 4 is 6.08 Å². The van der Waals surface area contributed by atoms with Crippen LogP contribution in [0.4, 0.5) is 26.3 Å². The van der Waals surface area contributed by atoms with E-state index in [1.165, 1.54) is 24.3 Å². The molecule has 0 saturated carbocycles. The highest BCUT2D eigenvalue weighted by atomic mass is 19.4. The molecule has 2 aromatic rings. The number of fused-ring (bicyclic) bond motifs is 1. The first-order chi connectivity index (χ1) is 12.2. The minimum absolute atomic E-state index is 0.0585. The standard InChI is InChI=1S/C19H14F6O/c1-2-10-7-14(20)17(15(21)8-10)12-3-5-13-11(9-12)4-6-16(18(13)22)26-19(23,24)25/h2,4,6-8,12H,1,3,5,9H2. The van der Waals surface area contributed by atoms with E-state index in [1.54, 1.807) is 0 Å². The quantitative estimate of drug-likeness (QED) is 0.608. The molecule has 0 radical (unpaired) electrons. The van der Waals surface area contributed by atoms with Gasteiger partial charge >= 0.3 is 6.36 Å². The lowest BCUT2D eigenvalue weighted by Crippen LogP contribution is -2.20. The fourth-order valence-electron chi connectivity index (χ4n) is 3.35. The number of rotatable bonds is 3. The third-order valence-corrected chi connectivity index (χ3v) is 4.48. The molecular formula is C19H14F6O. The van der Waals surface area contributed by atoms with Crippen LogP contribution < -0.4 is 4.74 Å². The van der Waals surface area contributed by atoms with Crippen LogP contribution in [0.2, 0.25) is 0 Å². The molecule has 26 heavy (non-hydrogen) atoms. The van der Waals surface area contributed by atoms with Gasteiger partial charge in [-0.15, -0.1) is 13.2 Å². The molecule has 0 saturated heterocycles. The summed E-state index contributed by atoms with van der Waals surface area (Å²) in [6, 6.07) is 4.53. The molecule has 0 amide bonds. The number of benzene rings is 2. The van der Waals surface area contributed by atoms with Gasteiger partial charge in [0.25, 0.3) is 0 Å². The average molecular weight is 372 g/mol. The van der Waals surface area contributed by atoms with Crippen molar-refractivity contribution in [1.29, 1.82) is 0 Å². The Kier molecular flexibility index (Phi) is 4.73. The predicted molar refractivity (Wildman–Crippen MR) is 84.3 cm³/mol. The van der Waals surface area contributed by atoms with Gasteiger partial charge in [-0.1, -0.05) is 18.7 Å². The summed E-state index contributed by atoms with van der Waals surface area (Å²) in [7, 11) is 0. The van der Waals surface area contributed by atoms with Gasteiger partial charge in [0.2, 0.25) is 0 Å². The van der Waals surface area contributed by atoms with E-state index in [-0.39, 0.29) is 30.4 Å². The van der Waals surface area contributed by atoms with Gasteiger partial charge in [-0.3, -0.25) is 0 Å². The Morgan fingerprint density at radius 1 is 1.08 bits per heavy atom. The van der Waals surface area contributed by atoms with E-state index in [1.807, 2.05) is 0 Å². The highest BCUT2D eigenvalue weighted by molar-refractivity contribution is 5.49. The van der Waals surface area contributed by atoms with Crippen LogP contribution in [0.15, 0.2) is 30.8 Å². The molecule has 7 heteroatoms. The van der Waals surface area contributed by atoms with Crippen molar-refractivity contribution in [2.75, 3.05) is 0 Å². The predicted octanol–water partition coefficient (Wildman–Crippen LogP) is 5.92. The van der Waals surface area contributed by atoms with Crippen molar-refractivity contribution in [2.24, 2.45) is 0 Å². The SMILES string of the molecule is C=Cc1cc(F)c(C2CCc3c(ccc(OC(F)(F)F)c3F)C2)c(F)c1. The van der Waals surface area contributed by atoms with Gasteiger partial charge in [0.05, 0.1) is 0 Å². The number of hydrogen-bond donors (Lipinski definition) is 0. The summed E-state index contributed by atoms with van der Waals surface area (Å²) in [5.74, 6) is -3.95. The second kappa shape index (κ2) is 6.70. The largest absolute Gasteiger partial charge is 0.573 e. The highest BCUT2D eigenvalue weighted by Crippen LogP contribution is 2.39. The maximum absolute atomic E-state index is 14.3. The van der Waals surface area contributed by atoms with Gasteiger partial charge in [0.1, 0.15) is 11.6 Å². The zero-order valence-corrected chi connectivity index (χ0v) is 13.5. The lowest BCUT2D eigenvalue weighted by Gasteiger charge is -2.27. The van der Waals surface area contributed by atoms with Gasteiger partial charge in [-0.25, -0.2) is 13.2 Å². The maximum atomic E-state index is 14.3. The van der Waals surface area contributed by atoms with Crippen LogP contribution in [-0.2, 0) is 12.8 Å². The number of halogens is 6. The number of hydrogen-bond acceptors (Lipinski definition) is 1. The molecule has 1 aliphatic rings. The minimum atomic E-state index is -4.99. The van der Waals surface area contributed by atoms with Crippen molar-refractivity contribution in [3.05, 3.63) is 70.5 Å². The van der Waals surface area contributed by atoms with Gasteiger partial charge in [-0.05, 0) is 60.1 Å². The monoisotopic (exact) mass is 372 g/mol. The third-order valence-electron chi connectivity index (χ3n) is 4.48. The number of ether oxygens (including phenoxy) is 1. The summed E-state index contributed by atoms with van der Waals surface area (Å²) >= 11 is 0. The van der Waals surface area contributed by atoms with E-state index >= 15 is 0 Å². The molecule has 0 spiro atoms. The maximum Gasteiger partial charge on any atom is 0.573 e. The normalized spacial score (nSPS) is 16.9. The molecular weight excluding hydrogens is 358 g/mol. The molecule has 1 nitrogen and oxygen atoms in total. The van der Waals surface area contributed by atoms with Crippen LogP contribution in [0.25, 0.3) is 6.08 Å². The lowest BCUT2D eigenvalue weighted by atomic mass is 9.79. The summed E-state index contributed by atoms with van der Waals surface area (Å²) < 4.78 is 83.4. The highest BCUT2D eigenvalue weighted by Gasteiger charge is 2.34. The minimum Gasteiger partial charge on any atom is -0.403 e. The van der Waals surface area contributed by atoms with E-state index < -0.39 is 35.5 Å². The van der Waals surface area contributed by atoms with Gasteiger partial charge < -0.3 is 4.74 Å². The van der Waals surface area contributed by atoms with E-state index in [2.05, 4.69) is 11.3 Å². The molecule has 1 atom stereocenters. The molecule has 0 N–H and O–H groups in total. The molecule has 0 fully saturated rings. The van der Waals surface area contributed by atoms with Crippen LogP contribution in [-0.4, -0.2) is 6.36 Å². The molecule has 0 bridgehead atoms. The fraction of sp³-hybridized carbons (Fsp3) is 0.263. The lowest BCUT2D eigenvalue weighted by molar-refractivity contribution is -0.275. The Labute approximate surface area is 145 Å². The summed E-state index contributed by atoms with van der Waals surface area (Å²) in [4.78, 5) is 0. The van der Waals surface area contributed by atoms with Gasteiger partial charge in [0, 0.05) is 5.56 Å². The van der Waals surface area contributed by atoms with Crippen molar-refractivity contribution in [2.45, 2.75) is 31.5 Å². The Hall–Kier alpha value is -2.44. The fourth-order valence-corrected chi connectivity index (χ4v) is 3.35. The van der Waals surface area contributed by atoms with Crippen LogP contribution >= 0.6 is 0 Å². The van der Waals surface area contributed by atoms with Crippen molar-refractivity contribution < 1.29 is 31.1 Å². The second-order valence-electron chi connectivity index (χ2n) is 6.11. The zero-order chi connectivity index (χ0) is 19.1. The Bertz CT molecular complexity index is 833. The molecule has 0 aliphatic heterocycles. The zero-order valence-electron chi connectivity index (χ0n) is 13.5. The molecule has 3 rings (SSSR count). The summed E-state index contributed by atoms with van der Waals surface area (Å²) in [6.45, 7) is 3.46. The van der Waals surface area contributed by atoms with Crippen LogP contribution in [0.3, 0.4) is 0 Å². The molecule has 2 aromatic carbocycles. The topological polar surface area (TPSA) is 9.23 Å². The summed E-state index contributed by atoms with van der Waals surface area (Å²) in [5, 5.41) is 0. The Morgan fingerprint density at radius 2 is 1.73 bits per heavy atom. The molecule has 0 aromatic heterocycles. The molecule has 0 heterocycles. The summed E-state index contributed by atoms with van der Waals surface area (Å²) in [5.41, 5.74) is 0.712. The van der Waals surface area contributed by atoms with E-state index in [0.717, 1.165) is 6.07 Å². The van der Waals surface area contributed by atoms with Crippen molar-refractivity contribution in [1.82, 2.24) is 0 Å². The van der Waals surface area contributed by atoms with Gasteiger partial charge in [0.15, 0.2) is 11.6 Å². The van der Waals surface area contributed by atoms with Crippen molar-refractivity contribution in [3.8, 4) is 5.75 Å². The van der Waals surface area contributed by atoms with E-state index in [0.29, 0.717) is 11.1 Å². The van der Waals surface area contributed by atoms with Crippen LogP contribution in [0, 0.1) is 17.5 Å². The number of alkyl halides is 3. The summed E-state index contributed by atoms with van der Waals surface area (Å²) in [6.07, 6.45) is -3.28.